The summed E-state index contributed by atoms with van der Waals surface area (Å²) in [6.07, 6.45) is 9.42. The van der Waals surface area contributed by atoms with Crippen LogP contribution in [0.2, 0.25) is 0 Å². The smallest absolute Gasteiger partial charge is 0.171 e. The molecule has 5 nitrogen and oxygen atoms in total. The molecule has 2 aliphatic rings. The zero-order valence-electron chi connectivity index (χ0n) is 15.5. The standard InChI is InChI=1S/C22H23N3O2/c1-26-20-10-17-19(11-21(20)27-15-4-3-9-23-13-15)25-18-6-2-5-16(18)22(17)24-12-14-7-8-14/h3-4,9-11,13-14H,2,5-8,12H2,1H3,(H,24,25). The molecule has 5 rings (SSSR count). The van der Waals surface area contributed by atoms with E-state index in [0.717, 1.165) is 36.2 Å². The van der Waals surface area contributed by atoms with Crippen LogP contribution in [-0.2, 0) is 12.8 Å². The van der Waals surface area contributed by atoms with E-state index in [4.69, 9.17) is 14.5 Å². The van der Waals surface area contributed by atoms with Gasteiger partial charge in [0.25, 0.3) is 0 Å². The highest BCUT2D eigenvalue weighted by molar-refractivity contribution is 5.96. The molecular formula is C22H23N3O2. The number of ether oxygens (including phenoxy) is 2. The van der Waals surface area contributed by atoms with Crippen molar-refractivity contribution in [3.05, 3.63) is 47.9 Å². The third kappa shape index (κ3) is 3.18. The zero-order valence-corrected chi connectivity index (χ0v) is 15.5. The van der Waals surface area contributed by atoms with Crippen LogP contribution in [-0.4, -0.2) is 23.6 Å². The van der Waals surface area contributed by atoms with Crippen LogP contribution in [0.1, 0.15) is 30.5 Å². The predicted molar refractivity (Wildman–Crippen MR) is 106 cm³/mol. The molecule has 0 radical (unpaired) electrons. The van der Waals surface area contributed by atoms with Gasteiger partial charge in [0.15, 0.2) is 11.5 Å². The van der Waals surface area contributed by atoms with E-state index in [2.05, 4.69) is 16.4 Å². The van der Waals surface area contributed by atoms with Crippen molar-refractivity contribution in [2.24, 2.45) is 5.92 Å². The average Bonchev–Trinajstić information content (AvgIpc) is 3.41. The Labute approximate surface area is 158 Å². The van der Waals surface area contributed by atoms with Crippen LogP contribution in [0.3, 0.4) is 0 Å². The maximum Gasteiger partial charge on any atom is 0.171 e. The van der Waals surface area contributed by atoms with Crippen LogP contribution in [0.15, 0.2) is 36.7 Å². The number of aromatic nitrogens is 2. The molecule has 1 fully saturated rings. The second-order valence-electron chi connectivity index (χ2n) is 7.40. The minimum Gasteiger partial charge on any atom is -0.493 e. The average molecular weight is 361 g/mol. The monoisotopic (exact) mass is 361 g/mol. The predicted octanol–water partition coefficient (Wildman–Crippen LogP) is 4.74. The topological polar surface area (TPSA) is 56.3 Å². The largest absolute Gasteiger partial charge is 0.493 e. The van der Waals surface area contributed by atoms with Crippen molar-refractivity contribution < 1.29 is 9.47 Å². The number of fused-ring (bicyclic) bond motifs is 2. The van der Waals surface area contributed by atoms with Crippen LogP contribution in [0.5, 0.6) is 17.2 Å². The molecule has 1 saturated carbocycles. The summed E-state index contributed by atoms with van der Waals surface area (Å²) < 4.78 is 11.7. The van der Waals surface area contributed by atoms with Crippen molar-refractivity contribution in [1.29, 1.82) is 0 Å². The van der Waals surface area contributed by atoms with Crippen molar-refractivity contribution in [2.45, 2.75) is 32.1 Å². The Morgan fingerprint density at radius 3 is 2.89 bits per heavy atom. The fourth-order valence-electron chi connectivity index (χ4n) is 3.81. The van der Waals surface area contributed by atoms with Crippen molar-refractivity contribution in [1.82, 2.24) is 9.97 Å². The lowest BCUT2D eigenvalue weighted by molar-refractivity contribution is 0.379. The molecule has 2 heterocycles. The molecule has 0 aliphatic heterocycles. The van der Waals surface area contributed by atoms with Gasteiger partial charge >= 0.3 is 0 Å². The lowest BCUT2D eigenvalue weighted by Gasteiger charge is -2.17. The minimum absolute atomic E-state index is 0.664. The molecule has 5 heteroatoms. The molecule has 2 aromatic heterocycles. The van der Waals surface area contributed by atoms with E-state index in [-0.39, 0.29) is 0 Å². The molecule has 0 bridgehead atoms. The van der Waals surface area contributed by atoms with Gasteiger partial charge in [0.2, 0.25) is 0 Å². The molecule has 138 valence electrons. The van der Waals surface area contributed by atoms with Gasteiger partial charge in [0.1, 0.15) is 5.75 Å². The van der Waals surface area contributed by atoms with E-state index < -0.39 is 0 Å². The van der Waals surface area contributed by atoms with Crippen LogP contribution in [0.25, 0.3) is 10.9 Å². The molecule has 0 atom stereocenters. The second-order valence-corrected chi connectivity index (χ2v) is 7.40. The van der Waals surface area contributed by atoms with Crippen LogP contribution < -0.4 is 14.8 Å². The second kappa shape index (κ2) is 6.72. The highest BCUT2D eigenvalue weighted by Gasteiger charge is 2.25. The molecule has 1 aromatic carbocycles. The van der Waals surface area contributed by atoms with Gasteiger partial charge in [-0.1, -0.05) is 0 Å². The molecule has 27 heavy (non-hydrogen) atoms. The Morgan fingerprint density at radius 1 is 1.19 bits per heavy atom. The summed E-state index contributed by atoms with van der Waals surface area (Å²) in [5.41, 5.74) is 4.80. The summed E-state index contributed by atoms with van der Waals surface area (Å²) in [5.74, 6) is 2.88. The van der Waals surface area contributed by atoms with Gasteiger partial charge in [-0.15, -0.1) is 0 Å². The van der Waals surface area contributed by atoms with E-state index in [1.165, 1.54) is 36.2 Å². The molecule has 3 aromatic rings. The molecule has 0 unspecified atom stereocenters. The number of benzene rings is 1. The molecule has 2 aliphatic carbocycles. The highest BCUT2D eigenvalue weighted by atomic mass is 16.5. The van der Waals surface area contributed by atoms with E-state index >= 15 is 0 Å². The molecule has 0 saturated heterocycles. The fourth-order valence-corrected chi connectivity index (χ4v) is 3.81. The first-order valence-corrected chi connectivity index (χ1v) is 9.67. The van der Waals surface area contributed by atoms with Gasteiger partial charge in [0.05, 0.1) is 18.8 Å². The summed E-state index contributed by atoms with van der Waals surface area (Å²) in [6.45, 7) is 1.04. The van der Waals surface area contributed by atoms with Gasteiger partial charge in [-0.25, -0.2) is 0 Å². The van der Waals surface area contributed by atoms with E-state index in [0.29, 0.717) is 17.2 Å². The molecule has 1 N–H and O–H groups in total. The van der Waals surface area contributed by atoms with Crippen LogP contribution in [0, 0.1) is 5.92 Å². The van der Waals surface area contributed by atoms with Gasteiger partial charge in [0, 0.05) is 35.6 Å². The SMILES string of the molecule is COc1cc2c(NCC3CC3)c3c(nc2cc1Oc1cccnc1)CCC3. The number of pyridine rings is 2. The van der Waals surface area contributed by atoms with Crippen molar-refractivity contribution in [3.63, 3.8) is 0 Å². The number of methoxy groups -OCH3 is 1. The fraction of sp³-hybridized carbons (Fsp3) is 0.364. The third-order valence-electron chi connectivity index (χ3n) is 5.42. The summed E-state index contributed by atoms with van der Waals surface area (Å²) >= 11 is 0. The van der Waals surface area contributed by atoms with Crippen LogP contribution in [0.4, 0.5) is 5.69 Å². The third-order valence-corrected chi connectivity index (χ3v) is 5.42. The quantitative estimate of drug-likeness (QED) is 0.687. The normalized spacial score (nSPS) is 15.6. The lowest BCUT2D eigenvalue weighted by Crippen LogP contribution is -2.07. The maximum atomic E-state index is 6.03. The summed E-state index contributed by atoms with van der Waals surface area (Å²) in [4.78, 5) is 9.06. The Balaban J connectivity index is 1.60. The summed E-state index contributed by atoms with van der Waals surface area (Å²) in [5, 5.41) is 4.84. The van der Waals surface area contributed by atoms with Gasteiger partial charge < -0.3 is 14.8 Å². The summed E-state index contributed by atoms with van der Waals surface area (Å²) in [6, 6.07) is 7.78. The van der Waals surface area contributed by atoms with Crippen molar-refractivity contribution in [2.75, 3.05) is 19.0 Å². The van der Waals surface area contributed by atoms with Crippen LogP contribution >= 0.6 is 0 Å². The molecule has 0 spiro atoms. The van der Waals surface area contributed by atoms with E-state index in [1.54, 1.807) is 19.5 Å². The maximum absolute atomic E-state index is 6.03. The van der Waals surface area contributed by atoms with Gasteiger partial charge in [-0.05, 0) is 61.8 Å². The van der Waals surface area contributed by atoms with Gasteiger partial charge in [-0.2, -0.15) is 0 Å². The number of anilines is 1. The number of hydrogen-bond donors (Lipinski definition) is 1. The Hall–Kier alpha value is -2.82. The highest BCUT2D eigenvalue weighted by Crippen LogP contribution is 2.41. The first-order valence-electron chi connectivity index (χ1n) is 9.67. The Kier molecular flexibility index (Phi) is 4.07. The number of hydrogen-bond acceptors (Lipinski definition) is 5. The number of nitrogens with zero attached hydrogens (tertiary/aromatic N) is 2. The number of nitrogens with one attached hydrogen (secondary N) is 1. The molecular weight excluding hydrogens is 338 g/mol. The first-order chi connectivity index (χ1) is 13.3. The van der Waals surface area contributed by atoms with Gasteiger partial charge in [-0.3, -0.25) is 9.97 Å². The van der Waals surface area contributed by atoms with E-state index in [9.17, 15) is 0 Å². The minimum atomic E-state index is 0.664. The van der Waals surface area contributed by atoms with Crippen molar-refractivity contribution >= 4 is 16.6 Å². The number of rotatable bonds is 6. The lowest BCUT2D eigenvalue weighted by atomic mass is 10.1. The molecule has 0 amide bonds. The zero-order chi connectivity index (χ0) is 18.2. The summed E-state index contributed by atoms with van der Waals surface area (Å²) in [7, 11) is 1.68. The Morgan fingerprint density at radius 2 is 2.11 bits per heavy atom. The first kappa shape index (κ1) is 16.4. The Bertz CT molecular complexity index is 984. The van der Waals surface area contributed by atoms with E-state index in [1.807, 2.05) is 18.2 Å². The van der Waals surface area contributed by atoms with Crippen molar-refractivity contribution in [3.8, 4) is 17.2 Å². The number of aryl methyl sites for hydroxylation is 1.